The second kappa shape index (κ2) is 6.75. The largest absolute Gasteiger partial charge is 0.370 e. The van der Waals surface area contributed by atoms with Gasteiger partial charge in [-0.15, -0.1) is 0 Å². The van der Waals surface area contributed by atoms with Crippen molar-refractivity contribution in [3.05, 3.63) is 62.4 Å². The minimum atomic E-state index is -0.646. The Morgan fingerprint density at radius 1 is 1.17 bits per heavy atom. The van der Waals surface area contributed by atoms with Gasteiger partial charge in [-0.3, -0.25) is 14.3 Å². The zero-order valence-electron chi connectivity index (χ0n) is 12.5. The molecule has 7 heteroatoms. The monoisotopic (exact) mass is 328 g/mol. The molecule has 0 bridgehead atoms. The molecular formula is C16H16N4O2S. The highest BCUT2D eigenvalue weighted by atomic mass is 32.2. The highest BCUT2D eigenvalue weighted by molar-refractivity contribution is 7.99. The number of nitrogens with one attached hydrogen (secondary N) is 1. The number of nitrogens with zero attached hydrogens (tertiary/aromatic N) is 3. The average molecular weight is 328 g/mol. The lowest BCUT2D eigenvalue weighted by Gasteiger charge is -2.28. The molecule has 0 aliphatic carbocycles. The predicted molar refractivity (Wildman–Crippen MR) is 91.1 cm³/mol. The molecule has 6 nitrogen and oxygen atoms in total. The van der Waals surface area contributed by atoms with Crippen LogP contribution >= 0.6 is 11.8 Å². The zero-order chi connectivity index (χ0) is 16.2. The van der Waals surface area contributed by atoms with Gasteiger partial charge < -0.3 is 4.90 Å². The van der Waals surface area contributed by atoms with E-state index >= 15 is 0 Å². The van der Waals surface area contributed by atoms with E-state index in [1.165, 1.54) is 16.5 Å². The quantitative estimate of drug-likeness (QED) is 0.909. The second-order valence-electron chi connectivity index (χ2n) is 5.31. The van der Waals surface area contributed by atoms with Crippen molar-refractivity contribution in [3.8, 4) is 6.07 Å². The summed E-state index contributed by atoms with van der Waals surface area (Å²) in [5.41, 5.74) is 0.906. The SMILES string of the molecule is N#Cc1cn(Cc2ccc(N3CCSCC3)cc2)c(=O)[nH]c1=O. The third-order valence-corrected chi connectivity index (χ3v) is 4.74. The summed E-state index contributed by atoms with van der Waals surface area (Å²) in [7, 11) is 0. The fraction of sp³-hybridized carbons (Fsp3) is 0.312. The molecule has 1 N–H and O–H groups in total. The smallest absolute Gasteiger partial charge is 0.328 e. The Kier molecular flexibility index (Phi) is 4.53. The summed E-state index contributed by atoms with van der Waals surface area (Å²) in [6, 6.07) is 9.83. The molecule has 1 fully saturated rings. The lowest BCUT2D eigenvalue weighted by molar-refractivity contribution is 0.717. The Bertz CT molecular complexity index is 842. The van der Waals surface area contributed by atoms with E-state index in [1.807, 2.05) is 36.0 Å². The molecule has 0 radical (unpaired) electrons. The highest BCUT2D eigenvalue weighted by Gasteiger charge is 2.11. The molecule has 118 valence electrons. The minimum Gasteiger partial charge on any atom is -0.370 e. The highest BCUT2D eigenvalue weighted by Crippen LogP contribution is 2.20. The van der Waals surface area contributed by atoms with Crippen molar-refractivity contribution in [3.63, 3.8) is 0 Å². The Morgan fingerprint density at radius 2 is 1.87 bits per heavy atom. The molecule has 3 rings (SSSR count). The van der Waals surface area contributed by atoms with Crippen molar-refractivity contribution in [2.45, 2.75) is 6.54 Å². The number of aromatic nitrogens is 2. The topological polar surface area (TPSA) is 81.9 Å². The van der Waals surface area contributed by atoms with Gasteiger partial charge in [0, 0.05) is 36.5 Å². The lowest BCUT2D eigenvalue weighted by atomic mass is 10.2. The molecule has 0 spiro atoms. The lowest BCUT2D eigenvalue weighted by Crippen LogP contribution is -2.32. The third kappa shape index (κ3) is 3.48. The van der Waals surface area contributed by atoms with Crippen molar-refractivity contribution in [1.82, 2.24) is 9.55 Å². The van der Waals surface area contributed by atoms with E-state index < -0.39 is 11.2 Å². The fourth-order valence-electron chi connectivity index (χ4n) is 2.54. The molecule has 1 aliphatic rings. The zero-order valence-corrected chi connectivity index (χ0v) is 13.3. The number of H-pyrrole nitrogens is 1. The van der Waals surface area contributed by atoms with Crippen LogP contribution in [0.5, 0.6) is 0 Å². The number of nitriles is 1. The number of hydrogen-bond donors (Lipinski definition) is 1. The molecule has 1 saturated heterocycles. The van der Waals surface area contributed by atoms with E-state index in [-0.39, 0.29) is 5.56 Å². The molecule has 2 heterocycles. The van der Waals surface area contributed by atoms with Crippen LogP contribution in [0.25, 0.3) is 0 Å². The molecule has 1 aliphatic heterocycles. The molecule has 23 heavy (non-hydrogen) atoms. The Labute approximate surface area is 137 Å². The van der Waals surface area contributed by atoms with Crippen LogP contribution in [0, 0.1) is 11.3 Å². The van der Waals surface area contributed by atoms with Crippen LogP contribution in [0.3, 0.4) is 0 Å². The van der Waals surface area contributed by atoms with Crippen LogP contribution in [0.1, 0.15) is 11.1 Å². The first-order valence-electron chi connectivity index (χ1n) is 7.33. The summed E-state index contributed by atoms with van der Waals surface area (Å²) in [6.45, 7) is 2.42. The molecule has 0 unspecified atom stereocenters. The second-order valence-corrected chi connectivity index (χ2v) is 6.53. The van der Waals surface area contributed by atoms with E-state index in [0.717, 1.165) is 30.2 Å². The van der Waals surface area contributed by atoms with Gasteiger partial charge in [0.2, 0.25) is 0 Å². The van der Waals surface area contributed by atoms with Crippen LogP contribution < -0.4 is 16.1 Å². The average Bonchev–Trinajstić information content (AvgIpc) is 2.59. The summed E-state index contributed by atoms with van der Waals surface area (Å²) < 4.78 is 1.34. The van der Waals surface area contributed by atoms with Gasteiger partial charge in [-0.05, 0) is 17.7 Å². The van der Waals surface area contributed by atoms with Gasteiger partial charge in [0.05, 0.1) is 6.54 Å². The van der Waals surface area contributed by atoms with Crippen LogP contribution in [0.4, 0.5) is 5.69 Å². The van der Waals surface area contributed by atoms with E-state index in [1.54, 1.807) is 6.07 Å². The van der Waals surface area contributed by atoms with Crippen molar-refractivity contribution >= 4 is 17.4 Å². The van der Waals surface area contributed by atoms with Gasteiger partial charge in [-0.2, -0.15) is 17.0 Å². The van der Waals surface area contributed by atoms with E-state index in [4.69, 9.17) is 5.26 Å². The van der Waals surface area contributed by atoms with Crippen LogP contribution in [0.2, 0.25) is 0 Å². The van der Waals surface area contributed by atoms with Crippen molar-refractivity contribution in [1.29, 1.82) is 5.26 Å². The number of thioether (sulfide) groups is 1. The normalized spacial score (nSPS) is 14.5. The van der Waals surface area contributed by atoms with Crippen LogP contribution in [-0.2, 0) is 6.54 Å². The number of rotatable bonds is 3. The molecule has 2 aromatic rings. The molecule has 0 saturated carbocycles. The Morgan fingerprint density at radius 3 is 2.52 bits per heavy atom. The van der Waals surface area contributed by atoms with Gasteiger partial charge in [-0.25, -0.2) is 4.79 Å². The van der Waals surface area contributed by atoms with Gasteiger partial charge in [-0.1, -0.05) is 12.1 Å². The third-order valence-electron chi connectivity index (χ3n) is 3.80. The van der Waals surface area contributed by atoms with E-state index in [2.05, 4.69) is 9.88 Å². The minimum absolute atomic E-state index is 0.0629. The van der Waals surface area contributed by atoms with E-state index in [0.29, 0.717) is 6.54 Å². The summed E-state index contributed by atoms with van der Waals surface area (Å²) >= 11 is 1.97. The number of aromatic amines is 1. The number of anilines is 1. The first-order valence-corrected chi connectivity index (χ1v) is 8.48. The van der Waals surface area contributed by atoms with Gasteiger partial charge in [0.1, 0.15) is 11.6 Å². The first-order chi connectivity index (χ1) is 11.2. The maximum absolute atomic E-state index is 11.8. The van der Waals surface area contributed by atoms with Crippen molar-refractivity contribution < 1.29 is 0 Å². The van der Waals surface area contributed by atoms with Crippen LogP contribution in [0.15, 0.2) is 40.1 Å². The van der Waals surface area contributed by atoms with Crippen molar-refractivity contribution in [2.75, 3.05) is 29.5 Å². The Balaban J connectivity index is 1.80. The predicted octanol–water partition coefficient (Wildman–Crippen LogP) is 1.01. The fourth-order valence-corrected chi connectivity index (χ4v) is 3.44. The summed E-state index contributed by atoms with van der Waals surface area (Å²) in [6.07, 6.45) is 1.30. The maximum Gasteiger partial charge on any atom is 0.328 e. The summed E-state index contributed by atoms with van der Waals surface area (Å²) in [5.74, 6) is 2.29. The number of benzene rings is 1. The number of hydrogen-bond acceptors (Lipinski definition) is 5. The molecule has 1 aromatic carbocycles. The van der Waals surface area contributed by atoms with Crippen molar-refractivity contribution in [2.24, 2.45) is 0 Å². The molecule has 0 amide bonds. The molecular weight excluding hydrogens is 312 g/mol. The molecule has 0 atom stereocenters. The van der Waals surface area contributed by atoms with Crippen LogP contribution in [-0.4, -0.2) is 34.1 Å². The van der Waals surface area contributed by atoms with Gasteiger partial charge in [0.15, 0.2) is 0 Å². The Hall–Kier alpha value is -2.46. The van der Waals surface area contributed by atoms with Gasteiger partial charge >= 0.3 is 5.69 Å². The maximum atomic E-state index is 11.8. The van der Waals surface area contributed by atoms with Gasteiger partial charge in [0.25, 0.3) is 5.56 Å². The molecule has 1 aromatic heterocycles. The summed E-state index contributed by atoms with van der Waals surface area (Å²) in [5, 5.41) is 8.89. The first kappa shape index (κ1) is 15.4. The standard InChI is InChI=1S/C16H16N4O2S/c17-9-13-11-20(16(22)18-15(13)21)10-12-1-3-14(4-2-12)19-5-7-23-8-6-19/h1-4,11H,5-8,10H2,(H,18,21,22). The van der Waals surface area contributed by atoms with E-state index in [9.17, 15) is 9.59 Å². The summed E-state index contributed by atoms with van der Waals surface area (Å²) in [4.78, 5) is 27.7.